The summed E-state index contributed by atoms with van der Waals surface area (Å²) in [5.41, 5.74) is 6.76. The number of rotatable bonds is 7. The summed E-state index contributed by atoms with van der Waals surface area (Å²) in [5, 5.41) is 21.6. The van der Waals surface area contributed by atoms with Crippen molar-refractivity contribution in [3.63, 3.8) is 0 Å². The average molecular weight is 361 g/mol. The molecule has 2 atom stereocenters. The van der Waals surface area contributed by atoms with E-state index in [9.17, 15) is 19.5 Å². The number of benzene rings is 1. The molecule has 9 heteroatoms. The van der Waals surface area contributed by atoms with E-state index in [1.54, 1.807) is 12.1 Å². The maximum atomic E-state index is 12.3. The van der Waals surface area contributed by atoms with Gasteiger partial charge >= 0.3 is 12.0 Å². The number of imide groups is 1. The van der Waals surface area contributed by atoms with Crippen LogP contribution in [0.1, 0.15) is 25.3 Å². The van der Waals surface area contributed by atoms with Gasteiger partial charge in [-0.15, -0.1) is 0 Å². The summed E-state index contributed by atoms with van der Waals surface area (Å²) in [7, 11) is 0. The highest BCUT2D eigenvalue weighted by Crippen LogP contribution is 2.31. The fourth-order valence-corrected chi connectivity index (χ4v) is 2.89. The van der Waals surface area contributed by atoms with Crippen LogP contribution in [0, 0.1) is 11.3 Å². The van der Waals surface area contributed by atoms with E-state index in [0.717, 1.165) is 16.9 Å². The predicted octanol–water partition coefficient (Wildman–Crippen LogP) is 0.956. The molecular weight excluding hydrogens is 338 g/mol. The van der Waals surface area contributed by atoms with Crippen molar-refractivity contribution in [2.75, 3.05) is 11.9 Å². The Balaban J connectivity index is 1.96. The lowest BCUT2D eigenvalue weighted by atomic mass is 9.84. The number of aliphatic carboxylic acids is 1. The number of nitrogens with zero attached hydrogens (tertiary/aromatic N) is 1. The van der Waals surface area contributed by atoms with Crippen LogP contribution in [0.5, 0.6) is 0 Å². The van der Waals surface area contributed by atoms with E-state index >= 15 is 0 Å². The number of guanidine groups is 1. The summed E-state index contributed by atoms with van der Waals surface area (Å²) < 4.78 is 0. The molecule has 2 unspecified atom stereocenters. The molecule has 0 aromatic heterocycles. The molecule has 3 amide bonds. The van der Waals surface area contributed by atoms with Gasteiger partial charge in [0.05, 0.1) is 5.92 Å². The van der Waals surface area contributed by atoms with Gasteiger partial charge in [-0.05, 0) is 37.0 Å². The number of amides is 3. The number of carboxylic acid groups (broad SMARTS) is 1. The number of carbonyl (C=O) groups is 3. The highest BCUT2D eigenvalue weighted by atomic mass is 16.4. The molecule has 1 aliphatic heterocycles. The minimum atomic E-state index is -1.22. The number of nitrogens with one attached hydrogen (secondary N) is 3. The third-order valence-electron chi connectivity index (χ3n) is 4.31. The van der Waals surface area contributed by atoms with Gasteiger partial charge in [-0.1, -0.05) is 19.1 Å². The summed E-state index contributed by atoms with van der Waals surface area (Å²) in [4.78, 5) is 36.8. The van der Waals surface area contributed by atoms with Crippen molar-refractivity contribution in [2.45, 2.75) is 32.2 Å². The smallest absolute Gasteiger partial charge is 0.329 e. The minimum Gasteiger partial charge on any atom is -0.480 e. The molecule has 0 saturated carbocycles. The predicted molar refractivity (Wildman–Crippen MR) is 95.7 cm³/mol. The Labute approximate surface area is 151 Å². The van der Waals surface area contributed by atoms with E-state index in [1.807, 2.05) is 19.1 Å². The zero-order valence-corrected chi connectivity index (χ0v) is 14.5. The van der Waals surface area contributed by atoms with Gasteiger partial charge in [0, 0.05) is 12.2 Å². The lowest BCUT2D eigenvalue weighted by Gasteiger charge is -2.42. The van der Waals surface area contributed by atoms with Crippen LogP contribution in [0.4, 0.5) is 10.5 Å². The summed E-state index contributed by atoms with van der Waals surface area (Å²) in [6.07, 6.45) is 1.62. The molecule has 1 fully saturated rings. The van der Waals surface area contributed by atoms with Gasteiger partial charge in [-0.2, -0.15) is 0 Å². The first-order chi connectivity index (χ1) is 12.3. The first kappa shape index (κ1) is 19.2. The van der Waals surface area contributed by atoms with Crippen LogP contribution < -0.4 is 16.4 Å². The van der Waals surface area contributed by atoms with E-state index in [2.05, 4.69) is 10.6 Å². The van der Waals surface area contributed by atoms with Crippen molar-refractivity contribution in [3.05, 3.63) is 29.8 Å². The largest absolute Gasteiger partial charge is 0.480 e. The Morgan fingerprint density at radius 3 is 2.50 bits per heavy atom. The van der Waals surface area contributed by atoms with Crippen molar-refractivity contribution < 1.29 is 19.5 Å². The lowest BCUT2D eigenvalue weighted by Crippen LogP contribution is -2.67. The topological polar surface area (TPSA) is 149 Å². The number of anilines is 1. The van der Waals surface area contributed by atoms with Gasteiger partial charge in [-0.3, -0.25) is 10.2 Å². The molecule has 0 spiro atoms. The molecule has 1 aliphatic rings. The van der Waals surface area contributed by atoms with Gasteiger partial charge in [0.2, 0.25) is 5.91 Å². The Bertz CT molecular complexity index is 704. The van der Waals surface area contributed by atoms with Gasteiger partial charge in [0.1, 0.15) is 0 Å². The van der Waals surface area contributed by atoms with Crippen molar-refractivity contribution in [1.82, 2.24) is 10.2 Å². The number of carboxylic acids is 1. The van der Waals surface area contributed by atoms with E-state index < -0.39 is 29.9 Å². The fraction of sp³-hybridized carbons (Fsp3) is 0.412. The quantitative estimate of drug-likeness (QED) is 0.211. The molecule has 9 nitrogen and oxygen atoms in total. The standard InChI is InChI=1S/C17H23N5O4/c1-2-10-5-7-11(8-6-10)21-17(26)22-13(15(24)25)12(14(22)23)4-3-9-20-16(18)19/h5-8,12-13H,2-4,9H2,1H3,(H,21,26)(H,24,25)(H4,18,19,20). The molecule has 1 aromatic carbocycles. The molecule has 0 bridgehead atoms. The zero-order valence-electron chi connectivity index (χ0n) is 14.5. The second-order valence-corrected chi connectivity index (χ2v) is 6.06. The first-order valence-electron chi connectivity index (χ1n) is 8.38. The first-order valence-corrected chi connectivity index (χ1v) is 8.38. The van der Waals surface area contributed by atoms with Gasteiger partial charge in [0.15, 0.2) is 12.0 Å². The monoisotopic (exact) mass is 361 g/mol. The summed E-state index contributed by atoms with van der Waals surface area (Å²) >= 11 is 0. The summed E-state index contributed by atoms with van der Waals surface area (Å²) in [5.74, 6) is -2.67. The highest BCUT2D eigenvalue weighted by Gasteiger charge is 2.54. The number of hydrogen-bond donors (Lipinski definition) is 5. The highest BCUT2D eigenvalue weighted by molar-refractivity contribution is 6.11. The normalized spacial score (nSPS) is 18.8. The number of hydrogen-bond acceptors (Lipinski definition) is 4. The van der Waals surface area contributed by atoms with Crippen molar-refractivity contribution >= 4 is 29.6 Å². The number of carbonyl (C=O) groups excluding carboxylic acids is 2. The fourth-order valence-electron chi connectivity index (χ4n) is 2.89. The number of likely N-dealkylation sites (tertiary alicyclic amines) is 1. The van der Waals surface area contributed by atoms with Crippen LogP contribution in [0.15, 0.2) is 24.3 Å². The molecule has 2 rings (SSSR count). The van der Waals surface area contributed by atoms with E-state index in [1.165, 1.54) is 0 Å². The number of aryl methyl sites for hydroxylation is 1. The van der Waals surface area contributed by atoms with Gasteiger partial charge in [-0.25, -0.2) is 14.5 Å². The van der Waals surface area contributed by atoms with Crippen LogP contribution >= 0.6 is 0 Å². The van der Waals surface area contributed by atoms with Crippen LogP contribution in [-0.4, -0.2) is 46.5 Å². The summed E-state index contributed by atoms with van der Waals surface area (Å²) in [6, 6.07) is 5.20. The van der Waals surface area contributed by atoms with Crippen LogP contribution in [-0.2, 0) is 16.0 Å². The Morgan fingerprint density at radius 1 is 1.31 bits per heavy atom. The van der Waals surface area contributed by atoms with Crippen molar-refractivity contribution in [3.8, 4) is 0 Å². The average Bonchev–Trinajstić information content (AvgIpc) is 2.59. The Morgan fingerprint density at radius 2 is 1.96 bits per heavy atom. The second-order valence-electron chi connectivity index (χ2n) is 6.06. The third-order valence-corrected chi connectivity index (χ3v) is 4.31. The molecule has 0 radical (unpaired) electrons. The maximum absolute atomic E-state index is 12.3. The maximum Gasteiger partial charge on any atom is 0.329 e. The summed E-state index contributed by atoms with van der Waals surface area (Å²) in [6.45, 7) is 2.37. The van der Waals surface area contributed by atoms with E-state index in [-0.39, 0.29) is 5.96 Å². The SMILES string of the molecule is CCc1ccc(NC(=O)N2C(=O)C(CCCNC(=N)N)C2C(=O)O)cc1. The van der Waals surface area contributed by atoms with Crippen molar-refractivity contribution in [1.29, 1.82) is 5.41 Å². The van der Waals surface area contributed by atoms with E-state index in [0.29, 0.717) is 25.1 Å². The van der Waals surface area contributed by atoms with Crippen molar-refractivity contribution in [2.24, 2.45) is 11.7 Å². The van der Waals surface area contributed by atoms with Crippen LogP contribution in [0.25, 0.3) is 0 Å². The van der Waals surface area contributed by atoms with Crippen LogP contribution in [0.3, 0.4) is 0 Å². The molecule has 1 saturated heterocycles. The van der Waals surface area contributed by atoms with Crippen LogP contribution in [0.2, 0.25) is 0 Å². The number of β-lactam (4-membered cyclic amide) rings is 1. The molecule has 1 heterocycles. The molecular formula is C17H23N5O4. The minimum absolute atomic E-state index is 0.185. The molecule has 1 aromatic rings. The lowest BCUT2D eigenvalue weighted by molar-refractivity contribution is -0.165. The van der Waals surface area contributed by atoms with E-state index in [4.69, 9.17) is 11.1 Å². The zero-order chi connectivity index (χ0) is 19.3. The Kier molecular flexibility index (Phi) is 6.16. The van der Waals surface area contributed by atoms with Gasteiger partial charge < -0.3 is 21.5 Å². The van der Waals surface area contributed by atoms with Gasteiger partial charge in [0.25, 0.3) is 0 Å². The number of nitrogens with two attached hydrogens (primary N) is 1. The third kappa shape index (κ3) is 4.29. The number of urea groups is 1. The molecule has 0 aliphatic carbocycles. The molecule has 140 valence electrons. The molecule has 6 N–H and O–H groups in total. The molecule has 26 heavy (non-hydrogen) atoms. The Hall–Kier alpha value is -3.10. The second kappa shape index (κ2) is 8.32.